The van der Waals surface area contributed by atoms with Gasteiger partial charge in [0.1, 0.15) is 6.29 Å². The van der Waals surface area contributed by atoms with Crippen LogP contribution >= 0.6 is 11.3 Å². The highest BCUT2D eigenvalue weighted by Crippen LogP contribution is 2.30. The first-order valence-electron chi connectivity index (χ1n) is 4.22. The van der Waals surface area contributed by atoms with Gasteiger partial charge in [-0.25, -0.2) is 0 Å². The molecular formula is C10H14OS. The molecule has 0 spiro atoms. The van der Waals surface area contributed by atoms with E-state index in [-0.39, 0.29) is 0 Å². The van der Waals surface area contributed by atoms with Crippen molar-refractivity contribution in [2.75, 3.05) is 0 Å². The Bertz CT molecular complexity index is 226. The van der Waals surface area contributed by atoms with Crippen molar-refractivity contribution in [3.63, 3.8) is 0 Å². The van der Waals surface area contributed by atoms with Crippen LogP contribution in [0, 0.1) is 5.92 Å². The zero-order chi connectivity index (χ0) is 8.97. The molecule has 1 aromatic rings. The van der Waals surface area contributed by atoms with E-state index in [1.54, 1.807) is 11.3 Å². The van der Waals surface area contributed by atoms with E-state index in [0.29, 0.717) is 18.3 Å². The Morgan fingerprint density at radius 2 is 2.33 bits per heavy atom. The third-order valence-electron chi connectivity index (χ3n) is 2.06. The molecule has 66 valence electrons. The van der Waals surface area contributed by atoms with Crippen molar-refractivity contribution in [3.8, 4) is 0 Å². The molecule has 0 radical (unpaired) electrons. The summed E-state index contributed by atoms with van der Waals surface area (Å²) < 4.78 is 0. The Hall–Kier alpha value is -0.630. The van der Waals surface area contributed by atoms with Crippen molar-refractivity contribution < 1.29 is 4.79 Å². The molecule has 1 nitrogen and oxygen atoms in total. The lowest BCUT2D eigenvalue weighted by Crippen LogP contribution is -2.05. The van der Waals surface area contributed by atoms with Crippen LogP contribution in [0.25, 0.3) is 0 Å². The topological polar surface area (TPSA) is 17.1 Å². The standard InChI is InChI=1S/C10H14OS/c1-8(2)9(5-6-11)10-4-3-7-12-10/h3-4,6-9H,5H2,1-2H3. The first kappa shape index (κ1) is 9.46. The lowest BCUT2D eigenvalue weighted by molar-refractivity contribution is -0.108. The minimum absolute atomic E-state index is 0.419. The fourth-order valence-corrected chi connectivity index (χ4v) is 2.34. The third kappa shape index (κ3) is 2.18. The molecule has 1 heterocycles. The van der Waals surface area contributed by atoms with Crippen LogP contribution in [0.15, 0.2) is 17.5 Å². The van der Waals surface area contributed by atoms with Crippen molar-refractivity contribution >= 4 is 17.6 Å². The molecule has 1 aromatic heterocycles. The van der Waals surface area contributed by atoms with Crippen LogP contribution < -0.4 is 0 Å². The SMILES string of the molecule is CC(C)C(CC=O)c1cccs1. The van der Waals surface area contributed by atoms with Gasteiger partial charge in [0.05, 0.1) is 0 Å². The van der Waals surface area contributed by atoms with E-state index >= 15 is 0 Å². The zero-order valence-corrected chi connectivity index (χ0v) is 8.30. The third-order valence-corrected chi connectivity index (χ3v) is 3.07. The van der Waals surface area contributed by atoms with Gasteiger partial charge in [0.15, 0.2) is 0 Å². The van der Waals surface area contributed by atoms with Crippen molar-refractivity contribution in [1.82, 2.24) is 0 Å². The van der Waals surface area contributed by atoms with Crippen LogP contribution in [0.5, 0.6) is 0 Å². The number of rotatable bonds is 4. The van der Waals surface area contributed by atoms with E-state index in [1.807, 2.05) is 6.07 Å². The summed E-state index contributed by atoms with van der Waals surface area (Å²) in [7, 11) is 0. The Kier molecular flexibility index (Phi) is 3.48. The summed E-state index contributed by atoms with van der Waals surface area (Å²) >= 11 is 1.74. The molecule has 0 fully saturated rings. The molecule has 0 saturated carbocycles. The van der Waals surface area contributed by atoms with E-state index in [9.17, 15) is 4.79 Å². The monoisotopic (exact) mass is 182 g/mol. The molecule has 0 aliphatic carbocycles. The number of carbonyl (C=O) groups is 1. The van der Waals surface area contributed by atoms with Crippen molar-refractivity contribution in [2.24, 2.45) is 5.92 Å². The second kappa shape index (κ2) is 4.41. The Morgan fingerprint density at radius 1 is 1.58 bits per heavy atom. The first-order chi connectivity index (χ1) is 5.75. The lowest BCUT2D eigenvalue weighted by atomic mass is 9.92. The summed E-state index contributed by atoms with van der Waals surface area (Å²) in [4.78, 5) is 11.8. The quantitative estimate of drug-likeness (QED) is 0.654. The van der Waals surface area contributed by atoms with Crippen molar-refractivity contribution in [3.05, 3.63) is 22.4 Å². The highest BCUT2D eigenvalue weighted by molar-refractivity contribution is 7.10. The van der Waals surface area contributed by atoms with Crippen molar-refractivity contribution in [1.29, 1.82) is 0 Å². The second-order valence-corrected chi connectivity index (χ2v) is 4.25. The molecule has 0 aliphatic rings. The summed E-state index contributed by atoms with van der Waals surface area (Å²) in [5.41, 5.74) is 0. The Labute approximate surface area is 77.4 Å². The molecule has 0 bridgehead atoms. The van der Waals surface area contributed by atoms with E-state index < -0.39 is 0 Å². The molecule has 12 heavy (non-hydrogen) atoms. The van der Waals surface area contributed by atoms with Gasteiger partial charge in [0.2, 0.25) is 0 Å². The van der Waals surface area contributed by atoms with Gasteiger partial charge in [0, 0.05) is 17.2 Å². The maximum atomic E-state index is 10.4. The van der Waals surface area contributed by atoms with Gasteiger partial charge in [-0.15, -0.1) is 11.3 Å². The average molecular weight is 182 g/mol. The van der Waals surface area contributed by atoms with E-state index in [0.717, 1.165) is 6.29 Å². The maximum absolute atomic E-state index is 10.4. The van der Waals surface area contributed by atoms with Crippen LogP contribution in [0.2, 0.25) is 0 Å². The lowest BCUT2D eigenvalue weighted by Gasteiger charge is -2.15. The molecule has 1 rings (SSSR count). The maximum Gasteiger partial charge on any atom is 0.120 e. The van der Waals surface area contributed by atoms with Crippen LogP contribution in [-0.2, 0) is 4.79 Å². The summed E-state index contributed by atoms with van der Waals surface area (Å²) in [5.74, 6) is 0.969. The molecule has 0 amide bonds. The largest absolute Gasteiger partial charge is 0.303 e. The highest BCUT2D eigenvalue weighted by atomic mass is 32.1. The number of aldehydes is 1. The highest BCUT2D eigenvalue weighted by Gasteiger charge is 2.15. The summed E-state index contributed by atoms with van der Waals surface area (Å²) in [5, 5.41) is 2.06. The number of thiophene rings is 1. The molecular weight excluding hydrogens is 168 g/mol. The normalized spacial score (nSPS) is 13.2. The smallest absolute Gasteiger partial charge is 0.120 e. The van der Waals surface area contributed by atoms with Gasteiger partial charge in [-0.05, 0) is 17.4 Å². The number of carbonyl (C=O) groups excluding carboxylic acids is 1. The molecule has 0 saturated heterocycles. The predicted octanol–water partition coefficient (Wildman–Crippen LogP) is 3.08. The summed E-state index contributed by atoms with van der Waals surface area (Å²) in [6.45, 7) is 4.32. The van der Waals surface area contributed by atoms with E-state index in [1.165, 1.54) is 4.88 Å². The van der Waals surface area contributed by atoms with Gasteiger partial charge in [-0.2, -0.15) is 0 Å². The zero-order valence-electron chi connectivity index (χ0n) is 7.49. The van der Waals surface area contributed by atoms with Gasteiger partial charge in [-0.3, -0.25) is 0 Å². The first-order valence-corrected chi connectivity index (χ1v) is 5.10. The van der Waals surface area contributed by atoms with Crippen molar-refractivity contribution in [2.45, 2.75) is 26.2 Å². The van der Waals surface area contributed by atoms with E-state index in [2.05, 4.69) is 25.3 Å². The van der Waals surface area contributed by atoms with Gasteiger partial charge >= 0.3 is 0 Å². The van der Waals surface area contributed by atoms with Gasteiger partial charge in [-0.1, -0.05) is 19.9 Å². The molecule has 1 atom stereocenters. The predicted molar refractivity (Wildman–Crippen MR) is 52.6 cm³/mol. The average Bonchev–Trinajstić information content (AvgIpc) is 2.51. The Morgan fingerprint density at radius 3 is 2.75 bits per heavy atom. The fourth-order valence-electron chi connectivity index (χ4n) is 1.32. The van der Waals surface area contributed by atoms with Gasteiger partial charge in [0.25, 0.3) is 0 Å². The minimum atomic E-state index is 0.419. The second-order valence-electron chi connectivity index (χ2n) is 3.27. The molecule has 0 aliphatic heterocycles. The Balaban J connectivity index is 2.73. The summed E-state index contributed by atoms with van der Waals surface area (Å²) in [6, 6.07) is 4.15. The van der Waals surface area contributed by atoms with Crippen LogP contribution in [-0.4, -0.2) is 6.29 Å². The molecule has 2 heteroatoms. The van der Waals surface area contributed by atoms with Crippen LogP contribution in [0.3, 0.4) is 0 Å². The minimum Gasteiger partial charge on any atom is -0.303 e. The molecule has 1 unspecified atom stereocenters. The van der Waals surface area contributed by atoms with Crippen LogP contribution in [0.4, 0.5) is 0 Å². The van der Waals surface area contributed by atoms with Crippen LogP contribution in [0.1, 0.15) is 31.1 Å². The number of hydrogen-bond donors (Lipinski definition) is 0. The van der Waals surface area contributed by atoms with Gasteiger partial charge < -0.3 is 4.79 Å². The fraction of sp³-hybridized carbons (Fsp3) is 0.500. The number of hydrogen-bond acceptors (Lipinski definition) is 2. The molecule has 0 aromatic carbocycles. The molecule has 0 N–H and O–H groups in total. The summed E-state index contributed by atoms with van der Waals surface area (Å²) in [6.07, 6.45) is 1.67. The van der Waals surface area contributed by atoms with E-state index in [4.69, 9.17) is 0 Å².